The molecule has 1 saturated heterocycles. The molecule has 1 unspecified atom stereocenters. The van der Waals surface area contributed by atoms with Crippen LogP contribution in [-0.4, -0.2) is 50.3 Å². The second-order valence-electron chi connectivity index (χ2n) is 5.00. The van der Waals surface area contributed by atoms with E-state index < -0.39 is 16.9 Å². The number of nitrogens with zero attached hydrogens (tertiary/aromatic N) is 2. The number of nitro benzene ring substituents is 1. The predicted molar refractivity (Wildman–Crippen MR) is 79.8 cm³/mol. The zero-order chi connectivity index (χ0) is 16.1. The Balaban J connectivity index is 2.30. The van der Waals surface area contributed by atoms with Crippen molar-refractivity contribution in [3.63, 3.8) is 0 Å². The van der Waals surface area contributed by atoms with Crippen molar-refractivity contribution >= 4 is 17.3 Å². The highest BCUT2D eigenvalue weighted by Crippen LogP contribution is 2.27. The Morgan fingerprint density at radius 1 is 1.50 bits per heavy atom. The number of non-ortho nitro benzene ring substituents is 1. The average Bonchev–Trinajstić information content (AvgIpc) is 2.54. The van der Waals surface area contributed by atoms with Crippen molar-refractivity contribution in [2.75, 3.05) is 38.3 Å². The molecule has 1 aliphatic rings. The number of esters is 1. The maximum atomic E-state index is 11.5. The van der Waals surface area contributed by atoms with Crippen LogP contribution in [-0.2, 0) is 20.7 Å². The molecule has 0 amide bonds. The Kier molecular flexibility index (Phi) is 5.29. The summed E-state index contributed by atoms with van der Waals surface area (Å²) in [5, 5.41) is 11.0. The number of ether oxygens (including phenoxy) is 2. The first-order valence-corrected chi connectivity index (χ1v) is 6.96. The van der Waals surface area contributed by atoms with Crippen LogP contribution in [0.5, 0.6) is 0 Å². The lowest BCUT2D eigenvalue weighted by atomic mass is 10.0. The van der Waals surface area contributed by atoms with Gasteiger partial charge in [0, 0.05) is 37.3 Å². The van der Waals surface area contributed by atoms with E-state index in [1.807, 2.05) is 0 Å². The van der Waals surface area contributed by atoms with Crippen molar-refractivity contribution in [2.24, 2.45) is 5.73 Å². The number of hydrogen-bond donors (Lipinski definition) is 1. The van der Waals surface area contributed by atoms with Gasteiger partial charge in [0.25, 0.3) is 5.69 Å². The van der Waals surface area contributed by atoms with Gasteiger partial charge in [-0.3, -0.25) is 14.9 Å². The number of carbonyl (C=O) groups excluding carboxylic acids is 1. The van der Waals surface area contributed by atoms with Gasteiger partial charge in [-0.15, -0.1) is 0 Å². The van der Waals surface area contributed by atoms with Gasteiger partial charge in [-0.2, -0.15) is 0 Å². The molecule has 120 valence electrons. The maximum Gasteiger partial charge on any atom is 0.322 e. The molecule has 1 fully saturated rings. The maximum absolute atomic E-state index is 11.5. The molecular formula is C14H19N3O5. The van der Waals surface area contributed by atoms with Crippen LogP contribution in [0.15, 0.2) is 18.2 Å². The van der Waals surface area contributed by atoms with Gasteiger partial charge in [-0.1, -0.05) is 0 Å². The molecule has 0 bridgehead atoms. The van der Waals surface area contributed by atoms with Crippen molar-refractivity contribution in [2.45, 2.75) is 12.5 Å². The number of carbonyl (C=O) groups is 1. The minimum absolute atomic E-state index is 0.0240. The summed E-state index contributed by atoms with van der Waals surface area (Å²) < 4.78 is 9.93. The van der Waals surface area contributed by atoms with Crippen LogP contribution in [0.25, 0.3) is 0 Å². The third-order valence-corrected chi connectivity index (χ3v) is 3.57. The van der Waals surface area contributed by atoms with Gasteiger partial charge in [0.2, 0.25) is 0 Å². The van der Waals surface area contributed by atoms with Gasteiger partial charge in [0.05, 0.1) is 25.2 Å². The summed E-state index contributed by atoms with van der Waals surface area (Å²) in [7, 11) is 1.26. The Labute approximate surface area is 127 Å². The van der Waals surface area contributed by atoms with Gasteiger partial charge >= 0.3 is 5.97 Å². The molecule has 0 radical (unpaired) electrons. The molecular weight excluding hydrogens is 290 g/mol. The first-order chi connectivity index (χ1) is 10.5. The van der Waals surface area contributed by atoms with Gasteiger partial charge < -0.3 is 20.1 Å². The van der Waals surface area contributed by atoms with E-state index in [-0.39, 0.29) is 12.1 Å². The van der Waals surface area contributed by atoms with E-state index in [1.54, 1.807) is 6.07 Å². The minimum atomic E-state index is -0.855. The molecule has 2 N–H and O–H groups in total. The Hall–Kier alpha value is -2.19. The van der Waals surface area contributed by atoms with Gasteiger partial charge in [0.1, 0.15) is 6.04 Å². The molecule has 1 aromatic carbocycles. The van der Waals surface area contributed by atoms with E-state index in [0.717, 1.165) is 5.69 Å². The van der Waals surface area contributed by atoms with Gasteiger partial charge in [-0.05, 0) is 11.6 Å². The Bertz CT molecular complexity index is 557. The average molecular weight is 309 g/mol. The predicted octanol–water partition coefficient (Wildman–Crippen LogP) is 0.474. The zero-order valence-corrected chi connectivity index (χ0v) is 12.4. The van der Waals surface area contributed by atoms with Crippen LogP contribution in [0.2, 0.25) is 0 Å². The van der Waals surface area contributed by atoms with Crippen molar-refractivity contribution in [3.8, 4) is 0 Å². The lowest BCUT2D eigenvalue weighted by molar-refractivity contribution is -0.384. The van der Waals surface area contributed by atoms with Crippen molar-refractivity contribution in [1.82, 2.24) is 0 Å². The Morgan fingerprint density at radius 2 is 2.18 bits per heavy atom. The largest absolute Gasteiger partial charge is 0.468 e. The third-order valence-electron chi connectivity index (χ3n) is 3.57. The van der Waals surface area contributed by atoms with E-state index in [9.17, 15) is 14.9 Å². The van der Waals surface area contributed by atoms with Crippen LogP contribution in [0.1, 0.15) is 5.56 Å². The molecule has 0 aromatic heterocycles. The minimum Gasteiger partial charge on any atom is -0.468 e. The summed E-state index contributed by atoms with van der Waals surface area (Å²) in [6.07, 6.45) is 0.182. The van der Waals surface area contributed by atoms with Crippen LogP contribution >= 0.6 is 0 Å². The highest BCUT2D eigenvalue weighted by Gasteiger charge is 2.22. The molecule has 0 saturated carbocycles. The summed E-state index contributed by atoms with van der Waals surface area (Å²) >= 11 is 0. The Morgan fingerprint density at radius 3 is 2.77 bits per heavy atom. The van der Waals surface area contributed by atoms with Crippen LogP contribution in [0, 0.1) is 10.1 Å². The van der Waals surface area contributed by atoms with E-state index >= 15 is 0 Å². The van der Waals surface area contributed by atoms with E-state index in [0.29, 0.717) is 31.9 Å². The smallest absolute Gasteiger partial charge is 0.322 e. The quantitative estimate of drug-likeness (QED) is 0.478. The number of anilines is 1. The number of benzene rings is 1. The van der Waals surface area contributed by atoms with E-state index in [4.69, 9.17) is 10.5 Å². The van der Waals surface area contributed by atoms with Crippen LogP contribution < -0.4 is 10.6 Å². The van der Waals surface area contributed by atoms with Gasteiger partial charge in [-0.25, -0.2) is 0 Å². The first kappa shape index (κ1) is 16.2. The normalized spacial score (nSPS) is 16.2. The summed E-state index contributed by atoms with van der Waals surface area (Å²) in [6.45, 7) is 2.58. The van der Waals surface area contributed by atoms with E-state index in [1.165, 1.54) is 19.2 Å². The van der Waals surface area contributed by atoms with Crippen LogP contribution in [0.3, 0.4) is 0 Å². The monoisotopic (exact) mass is 309 g/mol. The van der Waals surface area contributed by atoms with E-state index in [2.05, 4.69) is 9.64 Å². The van der Waals surface area contributed by atoms with Crippen molar-refractivity contribution in [1.29, 1.82) is 0 Å². The molecule has 0 aliphatic carbocycles. The molecule has 0 spiro atoms. The SMILES string of the molecule is COC(=O)C(N)Cc1cc([N+](=O)[O-])ccc1N1CCOCC1. The second-order valence-corrected chi connectivity index (χ2v) is 5.00. The summed E-state index contributed by atoms with van der Waals surface area (Å²) in [5.74, 6) is -0.542. The topological polar surface area (TPSA) is 108 Å². The standard InChI is InChI=1S/C14H19N3O5/c1-21-14(18)12(15)9-10-8-11(17(19)20)2-3-13(10)16-4-6-22-7-5-16/h2-3,8,12H,4-7,9,15H2,1H3. The molecule has 1 aromatic rings. The summed E-state index contributed by atoms with van der Waals surface area (Å²) in [5.41, 5.74) is 7.27. The van der Waals surface area contributed by atoms with Crippen molar-refractivity contribution in [3.05, 3.63) is 33.9 Å². The highest BCUT2D eigenvalue weighted by molar-refractivity contribution is 5.76. The highest BCUT2D eigenvalue weighted by atomic mass is 16.6. The second kappa shape index (κ2) is 7.19. The zero-order valence-electron chi connectivity index (χ0n) is 12.4. The molecule has 1 atom stereocenters. The number of hydrogen-bond acceptors (Lipinski definition) is 7. The van der Waals surface area contributed by atoms with Crippen molar-refractivity contribution < 1.29 is 19.2 Å². The fraction of sp³-hybridized carbons (Fsp3) is 0.500. The number of morpholine rings is 1. The number of methoxy groups -OCH3 is 1. The lowest BCUT2D eigenvalue weighted by Gasteiger charge is -2.30. The fourth-order valence-corrected chi connectivity index (χ4v) is 2.43. The molecule has 1 heterocycles. The number of nitro groups is 1. The molecule has 22 heavy (non-hydrogen) atoms. The number of rotatable bonds is 5. The van der Waals surface area contributed by atoms with Crippen LogP contribution in [0.4, 0.5) is 11.4 Å². The lowest BCUT2D eigenvalue weighted by Crippen LogP contribution is -2.38. The molecule has 2 rings (SSSR count). The third kappa shape index (κ3) is 3.71. The fourth-order valence-electron chi connectivity index (χ4n) is 2.43. The summed E-state index contributed by atoms with van der Waals surface area (Å²) in [6, 6.07) is 3.76. The molecule has 8 nitrogen and oxygen atoms in total. The van der Waals surface area contributed by atoms with Gasteiger partial charge in [0.15, 0.2) is 0 Å². The molecule has 8 heteroatoms. The summed E-state index contributed by atoms with van der Waals surface area (Å²) in [4.78, 5) is 24.1. The number of nitrogens with two attached hydrogens (primary N) is 1. The first-order valence-electron chi connectivity index (χ1n) is 6.96. The molecule has 1 aliphatic heterocycles.